The number of nitrogens with two attached hydrogens (primary N) is 1. The first-order valence-electron chi connectivity index (χ1n) is 6.83. The minimum Gasteiger partial charge on any atom is -0.495 e. The topological polar surface area (TPSA) is 35.2 Å². The molecule has 0 saturated heterocycles. The van der Waals surface area contributed by atoms with Gasteiger partial charge in [0.2, 0.25) is 0 Å². The molecule has 0 aliphatic carbocycles. The van der Waals surface area contributed by atoms with E-state index >= 15 is 0 Å². The van der Waals surface area contributed by atoms with Gasteiger partial charge in [0.15, 0.2) is 0 Å². The first-order chi connectivity index (χ1) is 9.04. The molecule has 108 valence electrons. The van der Waals surface area contributed by atoms with Crippen molar-refractivity contribution < 1.29 is 4.74 Å². The van der Waals surface area contributed by atoms with Crippen LogP contribution in [0.3, 0.4) is 0 Å². The van der Waals surface area contributed by atoms with E-state index in [2.05, 4.69) is 13.8 Å². The summed E-state index contributed by atoms with van der Waals surface area (Å²) in [5.41, 5.74) is 7.30. The van der Waals surface area contributed by atoms with E-state index in [0.29, 0.717) is 21.7 Å². The van der Waals surface area contributed by atoms with Gasteiger partial charge < -0.3 is 10.5 Å². The molecule has 19 heavy (non-hydrogen) atoms. The summed E-state index contributed by atoms with van der Waals surface area (Å²) >= 11 is 12.5. The second-order valence-electron chi connectivity index (χ2n) is 4.87. The Kier molecular flexibility index (Phi) is 6.98. The third-order valence-electron chi connectivity index (χ3n) is 3.46. The number of hydrogen-bond acceptors (Lipinski definition) is 2. The summed E-state index contributed by atoms with van der Waals surface area (Å²) in [5, 5.41) is 1.19. The fourth-order valence-electron chi connectivity index (χ4n) is 2.45. The fraction of sp³-hybridized carbons (Fsp3) is 0.600. The molecule has 0 radical (unpaired) electrons. The quantitative estimate of drug-likeness (QED) is 0.749. The maximum atomic E-state index is 6.39. The highest BCUT2D eigenvalue weighted by molar-refractivity contribution is 6.34. The second-order valence-corrected chi connectivity index (χ2v) is 5.69. The first kappa shape index (κ1) is 16.6. The van der Waals surface area contributed by atoms with Gasteiger partial charge in [0.1, 0.15) is 5.75 Å². The smallest absolute Gasteiger partial charge is 0.138 e. The number of ether oxygens (including phenoxy) is 1. The van der Waals surface area contributed by atoms with Crippen molar-refractivity contribution in [2.24, 2.45) is 11.7 Å². The Hall–Kier alpha value is -0.440. The average Bonchev–Trinajstić information content (AvgIpc) is 2.40. The van der Waals surface area contributed by atoms with E-state index in [-0.39, 0.29) is 6.04 Å². The van der Waals surface area contributed by atoms with Gasteiger partial charge >= 0.3 is 0 Å². The van der Waals surface area contributed by atoms with E-state index in [9.17, 15) is 0 Å². The predicted molar refractivity (Wildman–Crippen MR) is 83.2 cm³/mol. The standard InChI is InChI=1S/C15H23Cl2NO/c1-4-6-10(7-5-2)15(18)11-8-13(17)14(19-3)9-12(11)16/h8-10,15H,4-7,18H2,1-3H3. The minimum atomic E-state index is -0.0733. The molecule has 0 aliphatic heterocycles. The molecule has 0 bridgehead atoms. The summed E-state index contributed by atoms with van der Waals surface area (Å²) < 4.78 is 5.16. The molecule has 2 nitrogen and oxygen atoms in total. The molecule has 2 N–H and O–H groups in total. The van der Waals surface area contributed by atoms with Crippen molar-refractivity contribution in [1.29, 1.82) is 0 Å². The SMILES string of the molecule is CCCC(CCC)C(N)c1cc(Cl)c(OC)cc1Cl. The van der Waals surface area contributed by atoms with E-state index in [1.165, 1.54) is 0 Å². The van der Waals surface area contributed by atoms with E-state index < -0.39 is 0 Å². The Morgan fingerprint density at radius 3 is 2.16 bits per heavy atom. The van der Waals surface area contributed by atoms with Gasteiger partial charge in [0.05, 0.1) is 12.1 Å². The Balaban J connectivity index is 3.03. The lowest BCUT2D eigenvalue weighted by atomic mass is 9.86. The Morgan fingerprint density at radius 1 is 1.11 bits per heavy atom. The van der Waals surface area contributed by atoms with Crippen LogP contribution in [0.1, 0.15) is 51.1 Å². The molecule has 4 heteroatoms. The molecule has 0 saturated carbocycles. The van der Waals surface area contributed by atoms with Crippen LogP contribution in [-0.4, -0.2) is 7.11 Å². The first-order valence-corrected chi connectivity index (χ1v) is 7.59. The largest absolute Gasteiger partial charge is 0.495 e. The van der Waals surface area contributed by atoms with Gasteiger partial charge in [-0.1, -0.05) is 49.9 Å². The van der Waals surface area contributed by atoms with Gasteiger partial charge in [0, 0.05) is 17.1 Å². The van der Waals surface area contributed by atoms with E-state index in [4.69, 9.17) is 33.7 Å². The van der Waals surface area contributed by atoms with Crippen LogP contribution in [0.4, 0.5) is 0 Å². The maximum Gasteiger partial charge on any atom is 0.138 e. The third kappa shape index (κ3) is 4.27. The highest BCUT2D eigenvalue weighted by Gasteiger charge is 2.21. The normalized spacial score (nSPS) is 12.8. The number of halogens is 2. The van der Waals surface area contributed by atoms with Gasteiger partial charge in [-0.05, 0) is 30.4 Å². The molecule has 1 unspecified atom stereocenters. The zero-order valence-corrected chi connectivity index (χ0v) is 13.4. The summed E-state index contributed by atoms with van der Waals surface area (Å²) in [6, 6.07) is 3.51. The molecular formula is C15H23Cl2NO. The van der Waals surface area contributed by atoms with Gasteiger partial charge in [-0.3, -0.25) is 0 Å². The summed E-state index contributed by atoms with van der Waals surface area (Å²) in [7, 11) is 1.58. The third-order valence-corrected chi connectivity index (χ3v) is 4.08. The lowest BCUT2D eigenvalue weighted by Crippen LogP contribution is -2.22. The van der Waals surface area contributed by atoms with Crippen molar-refractivity contribution in [1.82, 2.24) is 0 Å². The number of rotatable bonds is 7. The zero-order valence-electron chi connectivity index (χ0n) is 11.9. The average molecular weight is 304 g/mol. The zero-order chi connectivity index (χ0) is 14.4. The summed E-state index contributed by atoms with van der Waals surface area (Å²) in [6.07, 6.45) is 4.46. The molecule has 0 amide bonds. The summed E-state index contributed by atoms with van der Waals surface area (Å²) in [6.45, 7) is 4.36. The molecule has 0 spiro atoms. The van der Waals surface area contributed by atoms with Gasteiger partial charge in [-0.25, -0.2) is 0 Å². The lowest BCUT2D eigenvalue weighted by Gasteiger charge is -2.25. The lowest BCUT2D eigenvalue weighted by molar-refractivity contribution is 0.368. The van der Waals surface area contributed by atoms with Gasteiger partial charge in [-0.2, -0.15) is 0 Å². The van der Waals surface area contributed by atoms with Crippen LogP contribution in [0, 0.1) is 5.92 Å². The van der Waals surface area contributed by atoms with Crippen LogP contribution < -0.4 is 10.5 Å². The number of hydrogen-bond donors (Lipinski definition) is 1. The molecule has 0 fully saturated rings. The van der Waals surface area contributed by atoms with Crippen molar-refractivity contribution in [2.75, 3.05) is 7.11 Å². The highest BCUT2D eigenvalue weighted by atomic mass is 35.5. The van der Waals surface area contributed by atoms with Crippen LogP contribution in [0.5, 0.6) is 5.75 Å². The van der Waals surface area contributed by atoms with Crippen LogP contribution in [0.25, 0.3) is 0 Å². The van der Waals surface area contributed by atoms with Crippen LogP contribution in [-0.2, 0) is 0 Å². The highest BCUT2D eigenvalue weighted by Crippen LogP contribution is 2.37. The molecular weight excluding hydrogens is 281 g/mol. The number of methoxy groups -OCH3 is 1. The van der Waals surface area contributed by atoms with Crippen molar-refractivity contribution in [3.8, 4) is 5.75 Å². The second kappa shape index (κ2) is 7.98. The van der Waals surface area contributed by atoms with Crippen molar-refractivity contribution in [3.63, 3.8) is 0 Å². The monoisotopic (exact) mass is 303 g/mol. The molecule has 1 rings (SSSR count). The van der Waals surface area contributed by atoms with Gasteiger partial charge in [0.25, 0.3) is 0 Å². The number of benzene rings is 1. The van der Waals surface area contributed by atoms with Crippen molar-refractivity contribution >= 4 is 23.2 Å². The van der Waals surface area contributed by atoms with Crippen molar-refractivity contribution in [3.05, 3.63) is 27.7 Å². The van der Waals surface area contributed by atoms with E-state index in [0.717, 1.165) is 31.2 Å². The molecule has 1 aromatic carbocycles. The van der Waals surface area contributed by atoms with Crippen LogP contribution in [0.2, 0.25) is 10.0 Å². The Labute approximate surface area is 126 Å². The van der Waals surface area contributed by atoms with Crippen LogP contribution >= 0.6 is 23.2 Å². The molecule has 1 aromatic rings. The fourth-order valence-corrected chi connectivity index (χ4v) is 2.98. The molecule has 0 aromatic heterocycles. The molecule has 0 heterocycles. The minimum absolute atomic E-state index is 0.0733. The summed E-state index contributed by atoms with van der Waals surface area (Å²) in [5.74, 6) is 1.03. The summed E-state index contributed by atoms with van der Waals surface area (Å²) in [4.78, 5) is 0. The van der Waals surface area contributed by atoms with Crippen molar-refractivity contribution in [2.45, 2.75) is 45.6 Å². The Bertz CT molecular complexity index is 403. The van der Waals surface area contributed by atoms with Gasteiger partial charge in [-0.15, -0.1) is 0 Å². The predicted octanol–water partition coefficient (Wildman–Crippen LogP) is 5.22. The van der Waals surface area contributed by atoms with E-state index in [1.807, 2.05) is 6.07 Å². The molecule has 1 atom stereocenters. The maximum absolute atomic E-state index is 6.39. The molecule has 0 aliphatic rings. The van der Waals surface area contributed by atoms with Crippen LogP contribution in [0.15, 0.2) is 12.1 Å². The Morgan fingerprint density at radius 2 is 1.68 bits per heavy atom. The van der Waals surface area contributed by atoms with E-state index in [1.54, 1.807) is 13.2 Å².